The van der Waals surface area contributed by atoms with Gasteiger partial charge in [0.05, 0.1) is 18.2 Å². The number of H-pyrrole nitrogens is 1. The van der Waals surface area contributed by atoms with Gasteiger partial charge in [0.2, 0.25) is 0 Å². The minimum atomic E-state index is -0.439. The van der Waals surface area contributed by atoms with Crippen molar-refractivity contribution >= 4 is 22.5 Å². The van der Waals surface area contributed by atoms with Gasteiger partial charge in [0.25, 0.3) is 5.56 Å². The van der Waals surface area contributed by atoms with Gasteiger partial charge in [0.1, 0.15) is 11.5 Å². The number of ketones is 2. The first-order valence-electron chi connectivity index (χ1n) is 13.6. The Morgan fingerprint density at radius 3 is 2.45 bits per heavy atom. The predicted octanol–water partition coefficient (Wildman–Crippen LogP) is 5.41. The molecule has 0 bridgehead atoms. The third-order valence-electron chi connectivity index (χ3n) is 8.77. The lowest BCUT2D eigenvalue weighted by molar-refractivity contribution is -0.128. The lowest BCUT2D eigenvalue weighted by atomic mass is 9.86. The highest BCUT2D eigenvalue weighted by Gasteiger charge is 2.36. The van der Waals surface area contributed by atoms with Gasteiger partial charge >= 0.3 is 0 Å². The molecule has 1 aliphatic heterocycles. The lowest BCUT2D eigenvalue weighted by Gasteiger charge is -2.43. The number of piperidine rings is 1. The molecule has 1 N–H and O–H groups in total. The summed E-state index contributed by atoms with van der Waals surface area (Å²) in [5.41, 5.74) is 3.36. The quantitative estimate of drug-likeness (QED) is 0.382. The molecule has 204 valence electrons. The van der Waals surface area contributed by atoms with Crippen LogP contribution in [0.4, 0.5) is 0 Å². The Bertz CT molecular complexity index is 1410. The number of pyridine rings is 1. The molecule has 7 nitrogen and oxygen atoms in total. The van der Waals surface area contributed by atoms with Crippen LogP contribution in [0.25, 0.3) is 10.9 Å². The van der Waals surface area contributed by atoms with Crippen LogP contribution in [0.1, 0.15) is 80.3 Å². The number of ether oxygens (including phenoxy) is 1. The monoisotopic (exact) mass is 519 g/mol. The molecule has 1 saturated heterocycles. The molecule has 1 aliphatic rings. The Hall–Kier alpha value is -3.19. The number of benzene rings is 1. The second-order valence-electron chi connectivity index (χ2n) is 11.3. The first-order chi connectivity index (χ1) is 18.0. The van der Waals surface area contributed by atoms with E-state index >= 15 is 0 Å². The molecule has 0 radical (unpaired) electrons. The van der Waals surface area contributed by atoms with Gasteiger partial charge in [-0.05, 0) is 91.9 Å². The summed E-state index contributed by atoms with van der Waals surface area (Å²) in [5, 5.41) is 0.960. The van der Waals surface area contributed by atoms with E-state index in [0.29, 0.717) is 23.7 Å². The van der Waals surface area contributed by atoms with Gasteiger partial charge < -0.3 is 14.3 Å². The highest BCUT2D eigenvalue weighted by atomic mass is 16.5. The van der Waals surface area contributed by atoms with E-state index in [2.05, 4.69) is 27.4 Å². The lowest BCUT2D eigenvalue weighted by Crippen LogP contribution is -2.52. The van der Waals surface area contributed by atoms with Gasteiger partial charge in [-0.25, -0.2) is 0 Å². The number of rotatable bonds is 9. The van der Waals surface area contributed by atoms with Crippen molar-refractivity contribution < 1.29 is 14.3 Å². The number of fused-ring (bicyclic) bond motifs is 1. The van der Waals surface area contributed by atoms with Gasteiger partial charge in [-0.3, -0.25) is 19.3 Å². The number of carbonyl (C=O) groups is 2. The second-order valence-corrected chi connectivity index (χ2v) is 11.3. The molecule has 3 aromatic rings. The Morgan fingerprint density at radius 1 is 1.16 bits per heavy atom. The molecule has 0 aliphatic carbocycles. The number of nitrogens with zero attached hydrogens (tertiary/aromatic N) is 2. The fourth-order valence-corrected chi connectivity index (χ4v) is 6.11. The number of hydrogen-bond donors (Lipinski definition) is 1. The van der Waals surface area contributed by atoms with Crippen molar-refractivity contribution in [1.82, 2.24) is 14.5 Å². The van der Waals surface area contributed by atoms with E-state index in [0.717, 1.165) is 53.8 Å². The normalized spacial score (nSPS) is 16.1. The summed E-state index contributed by atoms with van der Waals surface area (Å²) in [5.74, 6) is 1.20. The summed E-state index contributed by atoms with van der Waals surface area (Å²) >= 11 is 0. The number of aryl methyl sites for hydroxylation is 1. The molecule has 1 fully saturated rings. The molecular weight excluding hydrogens is 478 g/mol. The molecular formula is C31H41N3O4. The van der Waals surface area contributed by atoms with Crippen molar-refractivity contribution in [3.05, 3.63) is 63.2 Å². The number of hydrogen-bond acceptors (Lipinski definition) is 5. The molecule has 7 heteroatoms. The zero-order valence-electron chi connectivity index (χ0n) is 23.8. The fraction of sp³-hybridized carbons (Fsp3) is 0.516. The van der Waals surface area contributed by atoms with E-state index < -0.39 is 5.54 Å². The van der Waals surface area contributed by atoms with E-state index in [-0.39, 0.29) is 29.6 Å². The molecule has 2 aromatic heterocycles. The summed E-state index contributed by atoms with van der Waals surface area (Å²) in [7, 11) is 1.55. The highest BCUT2D eigenvalue weighted by Crippen LogP contribution is 2.37. The number of carbonyl (C=O) groups excluding carboxylic acids is 2. The average molecular weight is 520 g/mol. The van der Waals surface area contributed by atoms with Gasteiger partial charge in [-0.2, -0.15) is 0 Å². The van der Waals surface area contributed by atoms with Crippen molar-refractivity contribution in [3.8, 4) is 5.75 Å². The maximum atomic E-state index is 13.7. The average Bonchev–Trinajstić information content (AvgIpc) is 3.18. The van der Waals surface area contributed by atoms with Crippen molar-refractivity contribution in [1.29, 1.82) is 0 Å². The number of likely N-dealkylation sites (tertiary alicyclic amines) is 1. The number of para-hydroxylation sites is 1. The van der Waals surface area contributed by atoms with Crippen molar-refractivity contribution in [2.45, 2.75) is 78.8 Å². The fourth-order valence-electron chi connectivity index (χ4n) is 6.11. The molecule has 1 atom stereocenters. The Labute approximate surface area is 225 Å². The van der Waals surface area contributed by atoms with Gasteiger partial charge in [0.15, 0.2) is 5.78 Å². The third kappa shape index (κ3) is 5.08. The molecule has 4 rings (SSSR count). The van der Waals surface area contributed by atoms with Crippen LogP contribution in [-0.4, -0.2) is 51.8 Å². The summed E-state index contributed by atoms with van der Waals surface area (Å²) in [6.45, 7) is 13.6. The first-order valence-corrected chi connectivity index (χ1v) is 13.6. The zero-order valence-corrected chi connectivity index (χ0v) is 23.8. The molecule has 1 aromatic carbocycles. The van der Waals surface area contributed by atoms with Gasteiger partial charge in [0, 0.05) is 40.3 Å². The highest BCUT2D eigenvalue weighted by molar-refractivity contribution is 6.09. The Balaban J connectivity index is 1.59. The standard InChI is InChI=1S/C31H41N3O4/c1-19-18-28(38-7)25(30(37)32-19)12-13-27(36)29-21(3)34(26-11-9-8-10-24(26)29)20(2)23-14-16-33(17-15-23)31(5,6)22(4)35/h8-11,18,20,23H,12-17H2,1-7H3,(H,32,37)/t20-/m1/s1. The van der Waals surface area contributed by atoms with Gasteiger partial charge in [-0.1, -0.05) is 18.2 Å². The molecule has 0 spiro atoms. The molecule has 0 unspecified atom stereocenters. The molecule has 38 heavy (non-hydrogen) atoms. The summed E-state index contributed by atoms with van der Waals surface area (Å²) in [6.07, 6.45) is 2.55. The van der Waals surface area contributed by atoms with E-state index in [1.54, 1.807) is 20.1 Å². The van der Waals surface area contributed by atoms with Crippen LogP contribution in [0.3, 0.4) is 0 Å². The SMILES string of the molecule is COc1cc(C)[nH]c(=O)c1CCC(=O)c1c(C)n([C@H](C)C2CCN(C(C)(C)C(C)=O)CC2)c2ccccc12. The number of Topliss-reactive ketones (excluding diaryl/α,β-unsaturated/α-hetero) is 2. The maximum Gasteiger partial charge on any atom is 0.255 e. The summed E-state index contributed by atoms with van der Waals surface area (Å²) < 4.78 is 7.76. The minimum absolute atomic E-state index is 0.0321. The molecule has 0 saturated carbocycles. The van der Waals surface area contributed by atoms with Crippen LogP contribution < -0.4 is 10.3 Å². The van der Waals surface area contributed by atoms with Crippen molar-refractivity contribution in [3.63, 3.8) is 0 Å². The van der Waals surface area contributed by atoms with Crippen LogP contribution in [0, 0.1) is 19.8 Å². The Morgan fingerprint density at radius 2 is 1.82 bits per heavy atom. The smallest absolute Gasteiger partial charge is 0.255 e. The zero-order chi connectivity index (χ0) is 27.8. The largest absolute Gasteiger partial charge is 0.496 e. The number of nitrogens with one attached hydrogen (secondary N) is 1. The number of aromatic amines is 1. The van der Waals surface area contributed by atoms with E-state index in [9.17, 15) is 14.4 Å². The molecule has 0 amide bonds. The topological polar surface area (TPSA) is 84.4 Å². The van der Waals surface area contributed by atoms with E-state index in [1.165, 1.54) is 0 Å². The van der Waals surface area contributed by atoms with E-state index in [1.807, 2.05) is 45.9 Å². The predicted molar refractivity (Wildman–Crippen MR) is 151 cm³/mol. The number of aromatic nitrogens is 2. The van der Waals surface area contributed by atoms with Crippen LogP contribution in [0.5, 0.6) is 5.75 Å². The molecule has 3 heterocycles. The Kier molecular flexibility index (Phi) is 7.98. The second kappa shape index (κ2) is 10.9. The van der Waals surface area contributed by atoms with Gasteiger partial charge in [-0.15, -0.1) is 0 Å². The van der Waals surface area contributed by atoms with Crippen LogP contribution in [0.2, 0.25) is 0 Å². The first kappa shape index (κ1) is 27.8. The van der Waals surface area contributed by atoms with Crippen LogP contribution in [-0.2, 0) is 11.2 Å². The maximum absolute atomic E-state index is 13.7. The van der Waals surface area contributed by atoms with Crippen molar-refractivity contribution in [2.75, 3.05) is 20.2 Å². The van der Waals surface area contributed by atoms with Crippen LogP contribution >= 0.6 is 0 Å². The minimum Gasteiger partial charge on any atom is -0.496 e. The number of methoxy groups -OCH3 is 1. The third-order valence-corrected chi connectivity index (χ3v) is 8.77. The summed E-state index contributed by atoms with van der Waals surface area (Å²) in [4.78, 5) is 43.5. The van der Waals surface area contributed by atoms with Crippen LogP contribution in [0.15, 0.2) is 35.1 Å². The summed E-state index contributed by atoms with van der Waals surface area (Å²) in [6, 6.07) is 10.1. The van der Waals surface area contributed by atoms with E-state index in [4.69, 9.17) is 4.74 Å². The van der Waals surface area contributed by atoms with Crippen molar-refractivity contribution in [2.24, 2.45) is 5.92 Å².